The molecule has 2 N–H and O–H groups in total. The summed E-state index contributed by atoms with van der Waals surface area (Å²) in [6.45, 7) is 4.80. The van der Waals surface area contributed by atoms with Crippen LogP contribution in [-0.4, -0.2) is 54.1 Å². The molecule has 0 spiro atoms. The lowest BCUT2D eigenvalue weighted by molar-refractivity contribution is -0.139. The maximum Gasteiger partial charge on any atom is 0.270 e. The maximum atomic E-state index is 13.5. The lowest BCUT2D eigenvalue weighted by Gasteiger charge is -2.35. The Morgan fingerprint density at radius 2 is 1.84 bits per heavy atom. The van der Waals surface area contributed by atoms with Crippen molar-refractivity contribution in [3.8, 4) is 5.75 Å². The molecule has 1 aromatic heterocycles. The van der Waals surface area contributed by atoms with Crippen molar-refractivity contribution in [3.63, 3.8) is 0 Å². The van der Waals surface area contributed by atoms with Gasteiger partial charge in [-0.1, -0.05) is 18.2 Å². The number of H-pyrrole nitrogens is 1. The zero-order valence-electron chi connectivity index (χ0n) is 18.4. The van der Waals surface area contributed by atoms with E-state index in [1.165, 1.54) is 0 Å². The summed E-state index contributed by atoms with van der Waals surface area (Å²) in [6.07, 6.45) is 3.38. The van der Waals surface area contributed by atoms with Crippen LogP contribution in [0.1, 0.15) is 29.8 Å². The molecule has 2 heterocycles. The molecule has 0 bridgehead atoms. The summed E-state index contributed by atoms with van der Waals surface area (Å²) in [4.78, 5) is 31.3. The van der Waals surface area contributed by atoms with Crippen molar-refractivity contribution in [2.45, 2.75) is 26.1 Å². The Morgan fingerprint density at radius 1 is 1.12 bits per heavy atom. The van der Waals surface area contributed by atoms with Crippen LogP contribution in [0.15, 0.2) is 60.4 Å². The first-order valence-corrected chi connectivity index (χ1v) is 10.6. The minimum atomic E-state index is -0.336. The van der Waals surface area contributed by atoms with Gasteiger partial charge in [-0.2, -0.15) is 0 Å². The average molecular weight is 434 g/mol. The Hall–Kier alpha value is -3.58. The lowest BCUT2D eigenvalue weighted by Crippen LogP contribution is -2.50. The Morgan fingerprint density at radius 3 is 2.53 bits per heavy atom. The first-order valence-electron chi connectivity index (χ1n) is 10.6. The zero-order chi connectivity index (χ0) is 22.7. The Kier molecular flexibility index (Phi) is 6.28. The largest absolute Gasteiger partial charge is 0.497 e. The molecule has 4 rings (SSSR count). The molecule has 1 aliphatic heterocycles. The quantitative estimate of drug-likeness (QED) is 0.603. The second-order valence-electron chi connectivity index (χ2n) is 8.00. The number of hydrogen-bond acceptors (Lipinski definition) is 4. The second kappa shape index (κ2) is 9.28. The van der Waals surface area contributed by atoms with Crippen molar-refractivity contribution in [2.24, 2.45) is 0 Å². The topological polar surface area (TPSA) is 83.7 Å². The standard InChI is InChI=1S/C25H27N3O4/c1-16-14-28(15-17(2)32-16)25(30)23(27-24(29)18-7-5-4-6-8-18)11-19-13-26-22-10-9-20(31-3)12-21(19)22/h4-13,16-17,26H,14-15H2,1-3H3,(H,27,29)/b23-11+/t16-,17-/m1/s1. The molecule has 2 atom stereocenters. The minimum absolute atomic E-state index is 0.0777. The number of ether oxygens (including phenoxy) is 2. The molecule has 0 unspecified atom stereocenters. The third-order valence-corrected chi connectivity index (χ3v) is 5.44. The molecule has 0 saturated carbocycles. The SMILES string of the molecule is COc1ccc2[nH]cc(/C=C(/NC(=O)c3ccccc3)C(=O)N3C[C@@H](C)O[C@H](C)C3)c2c1. The average Bonchev–Trinajstić information content (AvgIpc) is 3.19. The zero-order valence-corrected chi connectivity index (χ0v) is 18.4. The summed E-state index contributed by atoms with van der Waals surface area (Å²) in [6, 6.07) is 14.5. The number of benzene rings is 2. The van der Waals surface area contributed by atoms with Crippen molar-refractivity contribution in [1.29, 1.82) is 0 Å². The van der Waals surface area contributed by atoms with Gasteiger partial charge >= 0.3 is 0 Å². The minimum Gasteiger partial charge on any atom is -0.497 e. The van der Waals surface area contributed by atoms with Crippen molar-refractivity contribution in [3.05, 3.63) is 71.6 Å². The molecule has 0 aliphatic carbocycles. The number of hydrogen-bond donors (Lipinski definition) is 2. The van der Waals surface area contributed by atoms with E-state index in [1.54, 1.807) is 42.4 Å². The summed E-state index contributed by atoms with van der Waals surface area (Å²) < 4.78 is 11.1. The summed E-state index contributed by atoms with van der Waals surface area (Å²) in [5.41, 5.74) is 2.39. The number of amides is 2. The van der Waals surface area contributed by atoms with Gasteiger partial charge in [-0.3, -0.25) is 9.59 Å². The van der Waals surface area contributed by atoms with E-state index >= 15 is 0 Å². The molecule has 2 amide bonds. The van der Waals surface area contributed by atoms with Crippen LogP contribution in [0, 0.1) is 0 Å². The highest BCUT2D eigenvalue weighted by Crippen LogP contribution is 2.25. The number of carbonyl (C=O) groups is 2. The lowest BCUT2D eigenvalue weighted by atomic mass is 10.1. The molecular formula is C25H27N3O4. The van der Waals surface area contributed by atoms with E-state index < -0.39 is 0 Å². The summed E-state index contributed by atoms with van der Waals surface area (Å²) in [5, 5.41) is 3.73. The number of morpholine rings is 1. The summed E-state index contributed by atoms with van der Waals surface area (Å²) >= 11 is 0. The van der Waals surface area contributed by atoms with Gasteiger partial charge < -0.3 is 24.7 Å². The predicted octanol–water partition coefficient (Wildman–Crippen LogP) is 3.58. The first kappa shape index (κ1) is 21.6. The Labute approximate surface area is 187 Å². The molecule has 7 heteroatoms. The normalized spacial score (nSPS) is 19.1. The summed E-state index contributed by atoms with van der Waals surface area (Å²) in [5.74, 6) is 0.134. The number of aromatic amines is 1. The number of fused-ring (bicyclic) bond motifs is 1. The van der Waals surface area contributed by atoms with Gasteiger partial charge in [0.2, 0.25) is 0 Å². The fraction of sp³-hybridized carbons (Fsp3) is 0.280. The molecule has 1 fully saturated rings. The van der Waals surface area contributed by atoms with Gasteiger partial charge in [0.1, 0.15) is 11.4 Å². The number of carbonyl (C=O) groups excluding carboxylic acids is 2. The van der Waals surface area contributed by atoms with E-state index in [2.05, 4.69) is 10.3 Å². The van der Waals surface area contributed by atoms with Crippen LogP contribution in [0.5, 0.6) is 5.75 Å². The van der Waals surface area contributed by atoms with E-state index in [9.17, 15) is 9.59 Å². The van der Waals surface area contributed by atoms with Crippen LogP contribution in [0.25, 0.3) is 17.0 Å². The number of nitrogens with zero attached hydrogens (tertiary/aromatic N) is 1. The van der Waals surface area contributed by atoms with Gasteiger partial charge in [-0.25, -0.2) is 0 Å². The Bertz CT molecular complexity index is 1140. The fourth-order valence-corrected chi connectivity index (χ4v) is 3.97. The van der Waals surface area contributed by atoms with Crippen LogP contribution >= 0.6 is 0 Å². The van der Waals surface area contributed by atoms with E-state index in [0.717, 1.165) is 16.5 Å². The van der Waals surface area contributed by atoms with E-state index in [4.69, 9.17) is 9.47 Å². The van der Waals surface area contributed by atoms with Crippen molar-refractivity contribution < 1.29 is 19.1 Å². The third kappa shape index (κ3) is 4.68. The fourth-order valence-electron chi connectivity index (χ4n) is 3.97. The number of methoxy groups -OCH3 is 1. The molecule has 1 aliphatic rings. The van der Waals surface area contributed by atoms with Crippen molar-refractivity contribution in [2.75, 3.05) is 20.2 Å². The number of nitrogens with one attached hydrogen (secondary N) is 2. The highest BCUT2D eigenvalue weighted by Gasteiger charge is 2.29. The van der Waals surface area contributed by atoms with E-state index in [0.29, 0.717) is 24.4 Å². The van der Waals surface area contributed by atoms with Gasteiger partial charge in [0.15, 0.2) is 0 Å². The molecular weight excluding hydrogens is 406 g/mol. The van der Waals surface area contributed by atoms with Gasteiger partial charge in [-0.05, 0) is 50.3 Å². The highest BCUT2D eigenvalue weighted by molar-refractivity contribution is 6.06. The Balaban J connectivity index is 1.71. The first-order chi connectivity index (χ1) is 15.4. The third-order valence-electron chi connectivity index (χ3n) is 5.44. The van der Waals surface area contributed by atoms with Crippen LogP contribution in [0.4, 0.5) is 0 Å². The second-order valence-corrected chi connectivity index (χ2v) is 8.00. The van der Waals surface area contributed by atoms with Gasteiger partial charge in [0.05, 0.1) is 19.3 Å². The van der Waals surface area contributed by atoms with Crippen LogP contribution in [-0.2, 0) is 9.53 Å². The van der Waals surface area contributed by atoms with E-state index in [1.807, 2.05) is 44.3 Å². The van der Waals surface area contributed by atoms with Crippen LogP contribution < -0.4 is 10.1 Å². The van der Waals surface area contributed by atoms with Crippen LogP contribution in [0.2, 0.25) is 0 Å². The monoisotopic (exact) mass is 433 g/mol. The van der Waals surface area contributed by atoms with Gasteiger partial charge in [-0.15, -0.1) is 0 Å². The molecule has 0 radical (unpaired) electrons. The molecule has 1 saturated heterocycles. The molecule has 2 aromatic carbocycles. The maximum absolute atomic E-state index is 13.5. The van der Waals surface area contributed by atoms with Crippen LogP contribution in [0.3, 0.4) is 0 Å². The molecule has 3 aromatic rings. The predicted molar refractivity (Wildman–Crippen MR) is 123 cm³/mol. The summed E-state index contributed by atoms with van der Waals surface area (Å²) in [7, 11) is 1.61. The van der Waals surface area contributed by atoms with Gasteiger partial charge in [0.25, 0.3) is 11.8 Å². The molecule has 166 valence electrons. The van der Waals surface area contributed by atoms with Crippen molar-refractivity contribution >= 4 is 28.8 Å². The van der Waals surface area contributed by atoms with E-state index in [-0.39, 0.29) is 29.7 Å². The molecule has 7 nitrogen and oxygen atoms in total. The highest BCUT2D eigenvalue weighted by atomic mass is 16.5. The van der Waals surface area contributed by atoms with Crippen molar-refractivity contribution in [1.82, 2.24) is 15.2 Å². The smallest absolute Gasteiger partial charge is 0.270 e. The molecule has 32 heavy (non-hydrogen) atoms. The number of rotatable bonds is 5. The van der Waals surface area contributed by atoms with Gasteiger partial charge in [0, 0.05) is 41.3 Å². The number of aromatic nitrogens is 1.